The van der Waals surface area contributed by atoms with Gasteiger partial charge in [-0.2, -0.15) is 0 Å². The fraction of sp³-hybridized carbons (Fsp3) is 0.316. The van der Waals surface area contributed by atoms with Crippen LogP contribution in [0.3, 0.4) is 0 Å². The molecule has 2 aromatic rings. The Hall–Kier alpha value is -2.04. The van der Waals surface area contributed by atoms with E-state index in [1.807, 2.05) is 36.4 Å². The fourth-order valence-corrected chi connectivity index (χ4v) is 3.12. The molecule has 1 aliphatic carbocycles. The van der Waals surface area contributed by atoms with E-state index in [4.69, 9.17) is 22.1 Å². The highest BCUT2D eigenvalue weighted by molar-refractivity contribution is 6.30. The Morgan fingerprint density at radius 1 is 1.21 bits per heavy atom. The first-order valence-electron chi connectivity index (χ1n) is 8.08. The van der Waals surface area contributed by atoms with E-state index in [1.165, 1.54) is 5.56 Å². The number of benzene rings is 2. The summed E-state index contributed by atoms with van der Waals surface area (Å²) in [6.45, 7) is 0.540. The molecule has 1 saturated carbocycles. The van der Waals surface area contributed by atoms with Gasteiger partial charge in [0.2, 0.25) is 0 Å². The minimum absolute atomic E-state index is 0.271. The van der Waals surface area contributed by atoms with Gasteiger partial charge in [-0.1, -0.05) is 41.9 Å². The van der Waals surface area contributed by atoms with Crippen molar-refractivity contribution in [1.82, 2.24) is 0 Å². The third-order valence-corrected chi connectivity index (χ3v) is 4.61. The number of para-hydroxylation sites is 1. The number of nitrogens with one attached hydrogen (secondary N) is 1. The van der Waals surface area contributed by atoms with Crippen molar-refractivity contribution >= 4 is 23.2 Å². The van der Waals surface area contributed by atoms with Gasteiger partial charge in [0.05, 0.1) is 12.6 Å². The number of methoxy groups -OCH3 is 1. The first kappa shape index (κ1) is 16.8. The van der Waals surface area contributed by atoms with Crippen LogP contribution in [0.4, 0.5) is 5.69 Å². The van der Waals surface area contributed by atoms with Gasteiger partial charge in [0.25, 0.3) is 0 Å². The summed E-state index contributed by atoms with van der Waals surface area (Å²) in [6.07, 6.45) is 2.04. The van der Waals surface area contributed by atoms with Crippen molar-refractivity contribution in [3.8, 4) is 0 Å². The van der Waals surface area contributed by atoms with Gasteiger partial charge in [0, 0.05) is 23.4 Å². The van der Waals surface area contributed by atoms with E-state index in [2.05, 4.69) is 22.4 Å². The number of ether oxygens (including phenoxy) is 1. The molecule has 0 aliphatic heterocycles. The van der Waals surface area contributed by atoms with Gasteiger partial charge >= 0.3 is 0 Å². The minimum Gasteiger partial charge on any atom is -0.380 e. The van der Waals surface area contributed by atoms with Gasteiger partial charge in [-0.05, 0) is 42.5 Å². The number of guanidine groups is 1. The van der Waals surface area contributed by atoms with E-state index in [9.17, 15) is 0 Å². The zero-order chi connectivity index (χ0) is 16.9. The number of halogens is 1. The lowest BCUT2D eigenvalue weighted by molar-refractivity contribution is 0.185. The summed E-state index contributed by atoms with van der Waals surface area (Å²) < 4.78 is 5.20. The quantitative estimate of drug-likeness (QED) is 0.633. The third kappa shape index (κ3) is 4.08. The van der Waals surface area contributed by atoms with Crippen LogP contribution in [0.1, 0.15) is 29.9 Å². The molecule has 0 aromatic heterocycles. The molecule has 1 aliphatic rings. The van der Waals surface area contributed by atoms with Gasteiger partial charge in [0.15, 0.2) is 5.96 Å². The summed E-state index contributed by atoms with van der Waals surface area (Å²) in [5, 5.41) is 3.96. The van der Waals surface area contributed by atoms with Gasteiger partial charge < -0.3 is 15.8 Å². The molecule has 5 heteroatoms. The molecule has 0 radical (unpaired) electrons. The molecular formula is C19H22ClN3O. The SMILES string of the molecule is COCc1ccccc1NC(N)=NC1CC(c2ccc(Cl)cc2)C1. The zero-order valence-electron chi connectivity index (χ0n) is 13.7. The predicted molar refractivity (Wildman–Crippen MR) is 99.6 cm³/mol. The highest BCUT2D eigenvalue weighted by atomic mass is 35.5. The van der Waals surface area contributed by atoms with Crippen molar-refractivity contribution < 1.29 is 4.74 Å². The maximum atomic E-state index is 6.07. The summed E-state index contributed by atoms with van der Waals surface area (Å²) in [7, 11) is 1.68. The Morgan fingerprint density at radius 2 is 1.92 bits per heavy atom. The number of aliphatic imine (C=N–C) groups is 1. The topological polar surface area (TPSA) is 59.6 Å². The molecule has 3 rings (SSSR count). The molecule has 24 heavy (non-hydrogen) atoms. The lowest BCUT2D eigenvalue weighted by atomic mass is 9.76. The summed E-state index contributed by atoms with van der Waals surface area (Å²) in [5.41, 5.74) is 9.39. The Balaban J connectivity index is 1.57. The van der Waals surface area contributed by atoms with Crippen LogP contribution in [-0.4, -0.2) is 19.1 Å². The molecule has 0 amide bonds. The second-order valence-electron chi connectivity index (χ2n) is 6.10. The second kappa shape index (κ2) is 7.69. The van der Waals surface area contributed by atoms with Crippen molar-refractivity contribution in [1.29, 1.82) is 0 Å². The number of anilines is 1. The number of hydrogen-bond donors (Lipinski definition) is 2. The maximum Gasteiger partial charge on any atom is 0.193 e. The molecule has 3 N–H and O–H groups in total. The molecule has 0 spiro atoms. The first-order chi connectivity index (χ1) is 11.7. The molecule has 0 saturated heterocycles. The maximum absolute atomic E-state index is 6.07. The molecular weight excluding hydrogens is 322 g/mol. The molecule has 1 fully saturated rings. The Labute approximate surface area is 147 Å². The van der Waals surface area contributed by atoms with Crippen LogP contribution in [0.25, 0.3) is 0 Å². The van der Waals surface area contributed by atoms with Gasteiger partial charge in [0.1, 0.15) is 0 Å². The van der Waals surface area contributed by atoms with Crippen molar-refractivity contribution in [3.05, 3.63) is 64.7 Å². The first-order valence-corrected chi connectivity index (χ1v) is 8.46. The van der Waals surface area contributed by atoms with Crippen molar-refractivity contribution in [3.63, 3.8) is 0 Å². The van der Waals surface area contributed by atoms with Crippen LogP contribution < -0.4 is 11.1 Å². The Bertz CT molecular complexity index is 709. The number of rotatable bonds is 5. The van der Waals surface area contributed by atoms with Crippen molar-refractivity contribution in [2.75, 3.05) is 12.4 Å². The Morgan fingerprint density at radius 3 is 2.62 bits per heavy atom. The standard InChI is InChI=1S/C19H22ClN3O/c1-24-12-14-4-2-3-5-18(14)23-19(21)22-17-10-15(11-17)13-6-8-16(20)9-7-13/h2-9,15,17H,10-12H2,1H3,(H3,21,22,23). The summed E-state index contributed by atoms with van der Waals surface area (Å²) in [4.78, 5) is 4.59. The summed E-state index contributed by atoms with van der Waals surface area (Å²) >= 11 is 5.93. The van der Waals surface area contributed by atoms with Crippen LogP contribution in [0.5, 0.6) is 0 Å². The van der Waals surface area contributed by atoms with Crippen LogP contribution in [0.15, 0.2) is 53.5 Å². The van der Waals surface area contributed by atoms with E-state index in [0.717, 1.165) is 29.1 Å². The number of nitrogens with zero attached hydrogens (tertiary/aromatic N) is 1. The van der Waals surface area contributed by atoms with Gasteiger partial charge in [-0.25, -0.2) is 4.99 Å². The van der Waals surface area contributed by atoms with Crippen LogP contribution in [0.2, 0.25) is 5.02 Å². The molecule has 4 nitrogen and oxygen atoms in total. The van der Waals surface area contributed by atoms with E-state index < -0.39 is 0 Å². The molecule has 0 unspecified atom stereocenters. The Kier molecular flexibility index (Phi) is 5.38. The summed E-state index contributed by atoms with van der Waals surface area (Å²) in [6, 6.07) is 16.3. The number of nitrogens with two attached hydrogens (primary N) is 1. The smallest absolute Gasteiger partial charge is 0.193 e. The molecule has 0 bridgehead atoms. The zero-order valence-corrected chi connectivity index (χ0v) is 14.5. The lowest BCUT2D eigenvalue weighted by Gasteiger charge is -2.33. The van der Waals surface area contributed by atoms with Crippen molar-refractivity contribution in [2.45, 2.75) is 31.4 Å². The normalized spacial score (nSPS) is 20.5. The average Bonchev–Trinajstić information content (AvgIpc) is 2.54. The van der Waals surface area contributed by atoms with E-state index in [0.29, 0.717) is 18.5 Å². The van der Waals surface area contributed by atoms with Crippen molar-refractivity contribution in [2.24, 2.45) is 10.7 Å². The van der Waals surface area contributed by atoms with Crippen LogP contribution in [0, 0.1) is 0 Å². The van der Waals surface area contributed by atoms with E-state index in [1.54, 1.807) is 7.11 Å². The molecule has 2 aromatic carbocycles. The highest BCUT2D eigenvalue weighted by Crippen LogP contribution is 2.39. The third-order valence-electron chi connectivity index (χ3n) is 4.36. The number of hydrogen-bond acceptors (Lipinski definition) is 2. The predicted octanol–water partition coefficient (Wildman–Crippen LogP) is 4.16. The van der Waals surface area contributed by atoms with Gasteiger partial charge in [-0.3, -0.25) is 0 Å². The molecule has 126 valence electrons. The van der Waals surface area contributed by atoms with Gasteiger partial charge in [-0.15, -0.1) is 0 Å². The highest BCUT2D eigenvalue weighted by Gasteiger charge is 2.30. The monoisotopic (exact) mass is 343 g/mol. The van der Waals surface area contributed by atoms with E-state index in [-0.39, 0.29) is 6.04 Å². The van der Waals surface area contributed by atoms with Crippen LogP contribution >= 0.6 is 11.6 Å². The van der Waals surface area contributed by atoms with Crippen LogP contribution in [-0.2, 0) is 11.3 Å². The summed E-state index contributed by atoms with van der Waals surface area (Å²) in [5.74, 6) is 1.00. The van der Waals surface area contributed by atoms with E-state index >= 15 is 0 Å². The molecule has 0 heterocycles. The second-order valence-corrected chi connectivity index (χ2v) is 6.54. The average molecular weight is 344 g/mol. The molecule has 0 atom stereocenters. The largest absolute Gasteiger partial charge is 0.380 e. The minimum atomic E-state index is 0.271. The lowest BCUT2D eigenvalue weighted by Crippen LogP contribution is -2.31. The fourth-order valence-electron chi connectivity index (χ4n) is 2.99.